The van der Waals surface area contributed by atoms with E-state index in [1.165, 1.54) is 161 Å². The van der Waals surface area contributed by atoms with Gasteiger partial charge in [0.05, 0.1) is 0 Å². The predicted molar refractivity (Wildman–Crippen MR) is 247 cm³/mol. The van der Waals surface area contributed by atoms with Gasteiger partial charge in [-0.1, -0.05) is 241 Å². The third-order valence-electron chi connectivity index (χ3n) is 12.0. The van der Waals surface area contributed by atoms with Crippen LogP contribution in [0.1, 0.15) is 279 Å². The molecule has 0 amide bonds. The average molecular weight is 821 g/mol. The Morgan fingerprint density at radius 2 is 0.603 bits per heavy atom. The molecule has 0 spiro atoms. The van der Waals surface area contributed by atoms with Crippen molar-refractivity contribution in [3.8, 4) is 0 Å². The van der Waals surface area contributed by atoms with Crippen molar-refractivity contribution in [1.82, 2.24) is 0 Å². The van der Waals surface area contributed by atoms with Gasteiger partial charge in [0, 0.05) is 19.3 Å². The lowest BCUT2D eigenvalue weighted by molar-refractivity contribution is -0.167. The quantitative estimate of drug-likeness (QED) is 0.0346. The lowest BCUT2D eigenvalue weighted by Crippen LogP contribution is -2.30. The molecule has 0 saturated heterocycles. The van der Waals surface area contributed by atoms with Gasteiger partial charge in [0.15, 0.2) is 6.10 Å². The summed E-state index contributed by atoms with van der Waals surface area (Å²) in [4.78, 5) is 37.9. The number of carbonyl (C=O) groups is 3. The topological polar surface area (TPSA) is 78.9 Å². The molecule has 344 valence electrons. The second-order valence-corrected chi connectivity index (χ2v) is 19.0. The number of hydrogen-bond donors (Lipinski definition) is 0. The highest BCUT2D eigenvalue weighted by Gasteiger charge is 2.19. The van der Waals surface area contributed by atoms with E-state index in [0.29, 0.717) is 19.3 Å². The van der Waals surface area contributed by atoms with Gasteiger partial charge in [0.2, 0.25) is 0 Å². The van der Waals surface area contributed by atoms with Crippen LogP contribution in [0.15, 0.2) is 0 Å². The average Bonchev–Trinajstić information content (AvgIpc) is 3.19. The second-order valence-electron chi connectivity index (χ2n) is 19.0. The highest BCUT2D eigenvalue weighted by atomic mass is 16.6. The molecule has 0 aromatic carbocycles. The molecule has 0 fully saturated rings. The Bertz CT molecular complexity index is 900. The summed E-state index contributed by atoms with van der Waals surface area (Å²) in [5.74, 6) is 1.62. The molecule has 1 unspecified atom stereocenters. The van der Waals surface area contributed by atoms with Crippen molar-refractivity contribution >= 4 is 17.9 Å². The molecule has 0 aromatic heterocycles. The SMILES string of the molecule is CCC(C)CCCCCCCCCCCCC(=O)OC[C@H](COC(=O)CCCCCCCCC(C)C)OC(=O)CCCCCCCCCCCCCCCCC(C)C. The fourth-order valence-electron chi connectivity index (χ4n) is 7.73. The van der Waals surface area contributed by atoms with Gasteiger partial charge in [-0.25, -0.2) is 0 Å². The van der Waals surface area contributed by atoms with Crippen LogP contribution in [0.4, 0.5) is 0 Å². The maximum absolute atomic E-state index is 12.8. The fourth-order valence-corrected chi connectivity index (χ4v) is 7.73. The van der Waals surface area contributed by atoms with E-state index >= 15 is 0 Å². The van der Waals surface area contributed by atoms with Crippen LogP contribution in [0.2, 0.25) is 0 Å². The molecule has 0 saturated carbocycles. The molecule has 0 aliphatic heterocycles. The van der Waals surface area contributed by atoms with Gasteiger partial charge in [-0.3, -0.25) is 14.4 Å². The van der Waals surface area contributed by atoms with E-state index < -0.39 is 6.10 Å². The normalized spacial score (nSPS) is 12.6. The number of hydrogen-bond acceptors (Lipinski definition) is 6. The van der Waals surface area contributed by atoms with Crippen LogP contribution in [0.25, 0.3) is 0 Å². The highest BCUT2D eigenvalue weighted by molar-refractivity contribution is 5.71. The summed E-state index contributed by atoms with van der Waals surface area (Å²) in [5.41, 5.74) is 0. The van der Waals surface area contributed by atoms with Crippen LogP contribution in [-0.4, -0.2) is 37.2 Å². The van der Waals surface area contributed by atoms with E-state index in [1.807, 2.05) is 0 Å². The van der Waals surface area contributed by atoms with E-state index in [9.17, 15) is 14.4 Å². The highest BCUT2D eigenvalue weighted by Crippen LogP contribution is 2.18. The van der Waals surface area contributed by atoms with Gasteiger partial charge in [-0.2, -0.15) is 0 Å². The van der Waals surface area contributed by atoms with Crippen LogP contribution in [0.3, 0.4) is 0 Å². The first kappa shape index (κ1) is 56.4. The largest absolute Gasteiger partial charge is 0.462 e. The van der Waals surface area contributed by atoms with Crippen molar-refractivity contribution in [3.05, 3.63) is 0 Å². The standard InChI is InChI=1S/C52H100O6/c1-7-48(6)40-34-28-21-17-14-15-18-22-29-35-41-50(53)56-44-49(45-57-51(54)42-36-30-25-24-27-33-39-47(4)5)58-52(55)43-37-31-23-19-13-11-9-8-10-12-16-20-26-32-38-46(2)3/h46-49H,7-45H2,1-6H3/t48?,49-/m1/s1. The van der Waals surface area contributed by atoms with Crippen LogP contribution in [-0.2, 0) is 28.6 Å². The van der Waals surface area contributed by atoms with Gasteiger partial charge < -0.3 is 14.2 Å². The summed E-state index contributed by atoms with van der Waals surface area (Å²) in [6.45, 7) is 13.7. The predicted octanol–water partition coefficient (Wildman–Crippen LogP) is 16.4. The number of esters is 3. The van der Waals surface area contributed by atoms with Crippen LogP contribution >= 0.6 is 0 Å². The Hall–Kier alpha value is -1.59. The van der Waals surface area contributed by atoms with Gasteiger partial charge in [-0.15, -0.1) is 0 Å². The van der Waals surface area contributed by atoms with Crippen LogP contribution in [0.5, 0.6) is 0 Å². The minimum atomic E-state index is -0.763. The Labute approximate surface area is 361 Å². The summed E-state index contributed by atoms with van der Waals surface area (Å²) in [5, 5.41) is 0. The summed E-state index contributed by atoms with van der Waals surface area (Å²) < 4.78 is 16.8. The molecular formula is C52H100O6. The van der Waals surface area contributed by atoms with Crippen molar-refractivity contribution in [2.75, 3.05) is 13.2 Å². The van der Waals surface area contributed by atoms with Crippen LogP contribution in [0, 0.1) is 17.8 Å². The van der Waals surface area contributed by atoms with E-state index in [4.69, 9.17) is 14.2 Å². The minimum Gasteiger partial charge on any atom is -0.462 e. The Balaban J connectivity index is 4.28. The molecule has 0 heterocycles. The first-order chi connectivity index (χ1) is 28.1. The van der Waals surface area contributed by atoms with Gasteiger partial charge in [0.25, 0.3) is 0 Å². The summed E-state index contributed by atoms with van der Waals surface area (Å²) in [6, 6.07) is 0. The van der Waals surface area contributed by atoms with Gasteiger partial charge in [0.1, 0.15) is 13.2 Å². The van der Waals surface area contributed by atoms with Crippen molar-refractivity contribution in [2.45, 2.75) is 285 Å². The monoisotopic (exact) mass is 821 g/mol. The molecular weight excluding hydrogens is 721 g/mol. The van der Waals surface area contributed by atoms with E-state index in [0.717, 1.165) is 75.5 Å². The molecule has 6 heteroatoms. The summed E-state index contributed by atoms with van der Waals surface area (Å²) in [6.07, 6.45) is 42.4. The molecule has 6 nitrogen and oxygen atoms in total. The van der Waals surface area contributed by atoms with Gasteiger partial charge in [-0.05, 0) is 37.0 Å². The van der Waals surface area contributed by atoms with E-state index in [2.05, 4.69) is 41.5 Å². The van der Waals surface area contributed by atoms with Crippen molar-refractivity contribution in [2.24, 2.45) is 17.8 Å². The Morgan fingerprint density at radius 3 is 0.897 bits per heavy atom. The maximum atomic E-state index is 12.8. The smallest absolute Gasteiger partial charge is 0.306 e. The third-order valence-corrected chi connectivity index (χ3v) is 12.0. The molecule has 0 aliphatic rings. The van der Waals surface area contributed by atoms with Crippen molar-refractivity contribution < 1.29 is 28.6 Å². The lowest BCUT2D eigenvalue weighted by Gasteiger charge is -2.18. The maximum Gasteiger partial charge on any atom is 0.306 e. The second kappa shape index (κ2) is 43.5. The fraction of sp³-hybridized carbons (Fsp3) is 0.942. The number of rotatable bonds is 45. The molecule has 0 radical (unpaired) electrons. The lowest BCUT2D eigenvalue weighted by atomic mass is 9.99. The minimum absolute atomic E-state index is 0.0656. The van der Waals surface area contributed by atoms with E-state index in [1.54, 1.807) is 0 Å². The van der Waals surface area contributed by atoms with Gasteiger partial charge >= 0.3 is 17.9 Å². The molecule has 2 atom stereocenters. The zero-order valence-electron chi connectivity index (χ0n) is 39.8. The third kappa shape index (κ3) is 44.0. The first-order valence-corrected chi connectivity index (χ1v) is 25.6. The molecule has 0 bridgehead atoms. The van der Waals surface area contributed by atoms with Crippen molar-refractivity contribution in [1.29, 1.82) is 0 Å². The molecule has 0 aliphatic carbocycles. The van der Waals surface area contributed by atoms with Crippen LogP contribution < -0.4 is 0 Å². The van der Waals surface area contributed by atoms with Crippen molar-refractivity contribution in [3.63, 3.8) is 0 Å². The Kier molecular flexibility index (Phi) is 42.3. The molecule has 0 rings (SSSR count). The number of ether oxygens (including phenoxy) is 3. The summed E-state index contributed by atoms with van der Waals surface area (Å²) >= 11 is 0. The number of unbranched alkanes of at least 4 members (excludes halogenated alkanes) is 27. The molecule has 58 heavy (non-hydrogen) atoms. The van der Waals surface area contributed by atoms with E-state index in [-0.39, 0.29) is 31.1 Å². The first-order valence-electron chi connectivity index (χ1n) is 25.6. The number of carbonyl (C=O) groups excluding carboxylic acids is 3. The Morgan fingerprint density at radius 1 is 0.345 bits per heavy atom. The molecule has 0 aromatic rings. The summed E-state index contributed by atoms with van der Waals surface area (Å²) in [7, 11) is 0. The zero-order valence-corrected chi connectivity index (χ0v) is 39.8. The molecule has 0 N–H and O–H groups in total. The zero-order chi connectivity index (χ0) is 42.7.